The number of nitrogen functional groups attached to an aromatic ring is 1. The number of pyridine rings is 1. The molecule has 0 atom stereocenters. The summed E-state index contributed by atoms with van der Waals surface area (Å²) in [6.45, 7) is 1.39. The van der Waals surface area contributed by atoms with Crippen LogP contribution in [0.1, 0.15) is 6.92 Å². The van der Waals surface area contributed by atoms with E-state index < -0.39 is 11.6 Å². The number of hydrogen-bond donors (Lipinski definition) is 2. The van der Waals surface area contributed by atoms with E-state index in [1.54, 1.807) is 36.8 Å². The Morgan fingerprint density at radius 1 is 0.912 bits per heavy atom. The van der Waals surface area contributed by atoms with Gasteiger partial charge in [0.25, 0.3) is 0 Å². The minimum Gasteiger partial charge on any atom is -0.384 e. The number of aromatic nitrogens is 3. The fourth-order valence-corrected chi connectivity index (χ4v) is 3.88. The largest absolute Gasteiger partial charge is 0.384 e. The Bertz CT molecular complexity index is 1540. The molecule has 0 aliphatic heterocycles. The van der Waals surface area contributed by atoms with E-state index in [1.807, 2.05) is 28.8 Å². The Kier molecular flexibility index (Phi) is 5.25. The molecule has 0 bridgehead atoms. The number of nitrogens with one attached hydrogen (secondary N) is 1. The van der Waals surface area contributed by atoms with Gasteiger partial charge in [-0.2, -0.15) is 0 Å². The number of amides is 1. The van der Waals surface area contributed by atoms with Crippen LogP contribution in [0.15, 0.2) is 79.3 Å². The predicted octanol–water partition coefficient (Wildman–Crippen LogP) is 5.57. The van der Waals surface area contributed by atoms with Crippen molar-refractivity contribution >= 4 is 28.4 Å². The van der Waals surface area contributed by atoms with Crippen LogP contribution in [0.5, 0.6) is 0 Å². The summed E-state index contributed by atoms with van der Waals surface area (Å²) in [5.74, 6) is -1.17. The number of nitrogens with zero attached hydrogens (tertiary/aromatic N) is 3. The quantitative estimate of drug-likeness (QED) is 0.371. The van der Waals surface area contributed by atoms with Gasteiger partial charge >= 0.3 is 0 Å². The Morgan fingerprint density at radius 3 is 2.47 bits per heavy atom. The number of halogens is 2. The van der Waals surface area contributed by atoms with Gasteiger partial charge in [0.2, 0.25) is 5.91 Å². The van der Waals surface area contributed by atoms with Crippen molar-refractivity contribution in [2.24, 2.45) is 0 Å². The Labute approximate surface area is 193 Å². The van der Waals surface area contributed by atoms with Gasteiger partial charge in [-0.25, -0.2) is 18.7 Å². The van der Waals surface area contributed by atoms with Crippen LogP contribution in [0.2, 0.25) is 0 Å². The second-order valence-corrected chi connectivity index (χ2v) is 7.86. The molecule has 0 spiro atoms. The SMILES string of the molecule is CC(=O)Nc1cc(-c2ccc(F)cc2F)cc(-n2cnc3cc(-c4ccc(N)nc4)ccc32)c1. The first kappa shape index (κ1) is 21.3. The first-order valence-corrected chi connectivity index (χ1v) is 10.4. The van der Waals surface area contributed by atoms with Crippen LogP contribution in [0.3, 0.4) is 0 Å². The lowest BCUT2D eigenvalue weighted by atomic mass is 10.0. The molecule has 3 aromatic carbocycles. The summed E-state index contributed by atoms with van der Waals surface area (Å²) >= 11 is 0. The Balaban J connectivity index is 1.62. The predicted molar refractivity (Wildman–Crippen MR) is 128 cm³/mol. The third kappa shape index (κ3) is 4.09. The van der Waals surface area contributed by atoms with E-state index in [0.717, 1.165) is 28.2 Å². The number of benzene rings is 3. The molecular weight excluding hydrogens is 436 g/mol. The van der Waals surface area contributed by atoms with Gasteiger partial charge in [-0.1, -0.05) is 6.07 Å². The second-order valence-electron chi connectivity index (χ2n) is 7.86. The van der Waals surface area contributed by atoms with Crippen molar-refractivity contribution in [3.63, 3.8) is 0 Å². The topological polar surface area (TPSA) is 85.8 Å². The van der Waals surface area contributed by atoms with Gasteiger partial charge in [0, 0.05) is 41.7 Å². The number of carbonyl (C=O) groups excluding carboxylic acids is 1. The van der Waals surface area contributed by atoms with E-state index in [1.165, 1.54) is 19.1 Å². The fraction of sp³-hybridized carbons (Fsp3) is 0.0385. The number of nitrogens with two attached hydrogens (primary N) is 1. The molecule has 0 aliphatic carbocycles. The first-order valence-electron chi connectivity index (χ1n) is 10.4. The maximum atomic E-state index is 14.5. The lowest BCUT2D eigenvalue weighted by Crippen LogP contribution is -2.07. The van der Waals surface area contributed by atoms with Crippen molar-refractivity contribution < 1.29 is 13.6 Å². The third-order valence-corrected chi connectivity index (χ3v) is 5.43. The van der Waals surface area contributed by atoms with Crippen LogP contribution in [0.25, 0.3) is 39.0 Å². The van der Waals surface area contributed by atoms with Crippen LogP contribution in [-0.2, 0) is 4.79 Å². The molecule has 6 nitrogen and oxygen atoms in total. The fourth-order valence-electron chi connectivity index (χ4n) is 3.88. The molecule has 2 heterocycles. The van der Waals surface area contributed by atoms with E-state index in [-0.39, 0.29) is 11.5 Å². The zero-order chi connectivity index (χ0) is 23.8. The monoisotopic (exact) mass is 455 g/mol. The summed E-state index contributed by atoms with van der Waals surface area (Å²) in [7, 11) is 0. The summed E-state index contributed by atoms with van der Waals surface area (Å²) in [5.41, 5.74) is 10.9. The average Bonchev–Trinajstić information content (AvgIpc) is 3.22. The maximum absolute atomic E-state index is 14.5. The molecule has 0 saturated heterocycles. The standard InChI is InChI=1S/C26H19F2N5O/c1-15(34)32-20-8-18(22-5-4-19(27)11-23(22)28)9-21(12-20)33-14-31-24-10-16(2-6-25(24)33)17-3-7-26(29)30-13-17/h2-14H,1H3,(H2,29,30)(H,32,34). The minimum atomic E-state index is -0.692. The minimum absolute atomic E-state index is 0.220. The van der Waals surface area contributed by atoms with Gasteiger partial charge in [0.05, 0.1) is 11.0 Å². The molecule has 8 heteroatoms. The second kappa shape index (κ2) is 8.40. The van der Waals surface area contributed by atoms with Crippen LogP contribution >= 0.6 is 0 Å². The van der Waals surface area contributed by atoms with Crippen LogP contribution in [-0.4, -0.2) is 20.4 Å². The van der Waals surface area contributed by atoms with E-state index in [4.69, 9.17) is 5.73 Å². The smallest absolute Gasteiger partial charge is 0.221 e. The lowest BCUT2D eigenvalue weighted by Gasteiger charge is -2.13. The van der Waals surface area contributed by atoms with E-state index >= 15 is 0 Å². The molecule has 34 heavy (non-hydrogen) atoms. The number of anilines is 2. The molecule has 0 radical (unpaired) electrons. The average molecular weight is 455 g/mol. The summed E-state index contributed by atoms with van der Waals surface area (Å²) in [4.78, 5) is 20.4. The summed E-state index contributed by atoms with van der Waals surface area (Å²) in [5, 5.41) is 2.74. The number of hydrogen-bond acceptors (Lipinski definition) is 4. The Hall–Kier alpha value is -4.59. The van der Waals surface area contributed by atoms with Crippen molar-refractivity contribution in [2.45, 2.75) is 6.92 Å². The van der Waals surface area contributed by atoms with Gasteiger partial charge in [0.15, 0.2) is 0 Å². The third-order valence-electron chi connectivity index (χ3n) is 5.43. The Morgan fingerprint density at radius 2 is 1.74 bits per heavy atom. The van der Waals surface area contributed by atoms with E-state index in [9.17, 15) is 13.6 Å². The van der Waals surface area contributed by atoms with Crippen LogP contribution < -0.4 is 11.1 Å². The molecule has 168 valence electrons. The van der Waals surface area contributed by atoms with Crippen molar-refractivity contribution in [1.29, 1.82) is 0 Å². The molecule has 0 fully saturated rings. The van der Waals surface area contributed by atoms with Gasteiger partial charge < -0.3 is 11.1 Å². The summed E-state index contributed by atoms with van der Waals surface area (Å²) < 4.78 is 29.8. The normalized spacial score (nSPS) is 11.0. The first-order chi connectivity index (χ1) is 16.4. The summed E-state index contributed by atoms with van der Waals surface area (Å²) in [6.07, 6.45) is 3.36. The highest BCUT2D eigenvalue weighted by molar-refractivity contribution is 5.91. The van der Waals surface area contributed by atoms with Crippen molar-refractivity contribution in [3.8, 4) is 27.9 Å². The molecular formula is C26H19F2N5O. The molecule has 3 N–H and O–H groups in total. The van der Waals surface area contributed by atoms with Crippen molar-refractivity contribution in [1.82, 2.24) is 14.5 Å². The lowest BCUT2D eigenvalue weighted by molar-refractivity contribution is -0.114. The van der Waals surface area contributed by atoms with Crippen molar-refractivity contribution in [3.05, 3.63) is 90.9 Å². The van der Waals surface area contributed by atoms with Gasteiger partial charge in [-0.3, -0.25) is 9.36 Å². The molecule has 5 rings (SSSR count). The molecule has 0 saturated carbocycles. The number of fused-ring (bicyclic) bond motifs is 1. The summed E-state index contributed by atoms with van der Waals surface area (Å²) in [6, 6.07) is 18.0. The highest BCUT2D eigenvalue weighted by atomic mass is 19.1. The van der Waals surface area contributed by atoms with E-state index in [2.05, 4.69) is 15.3 Å². The molecule has 0 aliphatic rings. The molecule has 5 aromatic rings. The van der Waals surface area contributed by atoms with Crippen molar-refractivity contribution in [2.75, 3.05) is 11.1 Å². The van der Waals surface area contributed by atoms with E-state index in [0.29, 0.717) is 22.8 Å². The number of rotatable bonds is 4. The van der Waals surface area contributed by atoms with Crippen LogP contribution in [0, 0.1) is 11.6 Å². The molecule has 1 amide bonds. The maximum Gasteiger partial charge on any atom is 0.221 e. The molecule has 2 aromatic heterocycles. The van der Waals surface area contributed by atoms with Gasteiger partial charge in [-0.15, -0.1) is 0 Å². The number of imidazole rings is 1. The zero-order valence-corrected chi connectivity index (χ0v) is 18.1. The van der Waals surface area contributed by atoms with Gasteiger partial charge in [-0.05, 0) is 65.7 Å². The van der Waals surface area contributed by atoms with Gasteiger partial charge in [0.1, 0.15) is 23.8 Å². The molecule has 0 unspecified atom stereocenters. The highest BCUT2D eigenvalue weighted by Crippen LogP contribution is 2.31. The highest BCUT2D eigenvalue weighted by Gasteiger charge is 2.13. The van der Waals surface area contributed by atoms with Crippen LogP contribution in [0.4, 0.5) is 20.3 Å². The zero-order valence-electron chi connectivity index (χ0n) is 18.1. The number of carbonyl (C=O) groups is 1.